The zero-order valence-electron chi connectivity index (χ0n) is 14.5. The Kier molecular flexibility index (Phi) is 7.20. The first-order chi connectivity index (χ1) is 12.3. The van der Waals surface area contributed by atoms with E-state index in [0.29, 0.717) is 11.4 Å². The van der Waals surface area contributed by atoms with Crippen molar-refractivity contribution in [2.75, 3.05) is 0 Å². The van der Waals surface area contributed by atoms with E-state index in [4.69, 9.17) is 16.7 Å². The summed E-state index contributed by atoms with van der Waals surface area (Å²) in [6.07, 6.45) is 3.51. The van der Waals surface area contributed by atoms with Crippen LogP contribution in [0.4, 0.5) is 0 Å². The van der Waals surface area contributed by atoms with E-state index in [1.807, 2.05) is 0 Å². The summed E-state index contributed by atoms with van der Waals surface area (Å²) < 4.78 is 28.1. The van der Waals surface area contributed by atoms with Crippen LogP contribution in [0.1, 0.15) is 54.6 Å². The Morgan fingerprint density at radius 2 is 1.69 bits per heavy atom. The molecular formula is C19H22ClNO4S. The van der Waals surface area contributed by atoms with Crippen LogP contribution in [-0.4, -0.2) is 19.5 Å². The van der Waals surface area contributed by atoms with Gasteiger partial charge in [0.05, 0.1) is 10.5 Å². The van der Waals surface area contributed by atoms with Gasteiger partial charge in [-0.05, 0) is 48.4 Å². The fourth-order valence-electron chi connectivity index (χ4n) is 2.62. The Labute approximate surface area is 159 Å². The summed E-state index contributed by atoms with van der Waals surface area (Å²) in [7, 11) is -3.71. The maximum atomic E-state index is 12.7. The number of hydrogen-bond acceptors (Lipinski definition) is 3. The molecule has 2 aromatic rings. The van der Waals surface area contributed by atoms with Crippen LogP contribution in [0.2, 0.25) is 5.02 Å². The number of aromatic carboxylic acids is 1. The number of halogens is 1. The molecule has 0 bridgehead atoms. The second-order valence-electron chi connectivity index (χ2n) is 6.05. The average molecular weight is 396 g/mol. The van der Waals surface area contributed by atoms with Crippen LogP contribution in [0.5, 0.6) is 0 Å². The summed E-state index contributed by atoms with van der Waals surface area (Å²) in [5.41, 5.74) is 0.908. The molecule has 26 heavy (non-hydrogen) atoms. The first-order valence-corrected chi connectivity index (χ1v) is 10.3. The monoisotopic (exact) mass is 395 g/mol. The van der Waals surface area contributed by atoms with E-state index in [2.05, 4.69) is 11.6 Å². The number of nitrogens with one attached hydrogen (secondary N) is 1. The van der Waals surface area contributed by atoms with E-state index in [9.17, 15) is 13.2 Å². The van der Waals surface area contributed by atoms with Crippen LogP contribution in [0.15, 0.2) is 53.4 Å². The number of hydrogen-bond donors (Lipinski definition) is 2. The van der Waals surface area contributed by atoms with Gasteiger partial charge in [0.2, 0.25) is 10.0 Å². The van der Waals surface area contributed by atoms with E-state index >= 15 is 0 Å². The molecule has 140 valence electrons. The molecule has 2 aromatic carbocycles. The molecule has 0 saturated carbocycles. The molecule has 5 nitrogen and oxygen atoms in total. The molecule has 0 aliphatic heterocycles. The molecule has 1 atom stereocenters. The molecule has 0 heterocycles. The van der Waals surface area contributed by atoms with Gasteiger partial charge in [0.15, 0.2) is 0 Å². The third kappa shape index (κ3) is 5.56. The first kappa shape index (κ1) is 20.4. The minimum Gasteiger partial charge on any atom is -0.478 e. The van der Waals surface area contributed by atoms with Crippen molar-refractivity contribution in [3.8, 4) is 0 Å². The lowest BCUT2D eigenvalue weighted by Gasteiger charge is -2.19. The summed E-state index contributed by atoms with van der Waals surface area (Å²) in [5, 5.41) is 9.49. The molecule has 0 spiro atoms. The predicted octanol–water partition coefficient (Wildman–Crippen LogP) is 4.64. The minimum absolute atomic E-state index is 0.143. The van der Waals surface area contributed by atoms with Crippen molar-refractivity contribution in [3.05, 3.63) is 64.7 Å². The summed E-state index contributed by atoms with van der Waals surface area (Å²) in [4.78, 5) is 11.2. The highest BCUT2D eigenvalue weighted by atomic mass is 35.5. The van der Waals surface area contributed by atoms with Gasteiger partial charge in [-0.15, -0.1) is 0 Å². The third-order valence-corrected chi connectivity index (χ3v) is 5.82. The van der Waals surface area contributed by atoms with Crippen molar-refractivity contribution in [1.29, 1.82) is 0 Å². The van der Waals surface area contributed by atoms with Crippen LogP contribution < -0.4 is 4.72 Å². The summed E-state index contributed by atoms with van der Waals surface area (Å²) >= 11 is 5.83. The van der Waals surface area contributed by atoms with Crippen molar-refractivity contribution in [2.45, 2.75) is 43.5 Å². The van der Waals surface area contributed by atoms with Gasteiger partial charge < -0.3 is 5.11 Å². The number of unbranched alkanes of at least 4 members (excludes halogenated alkanes) is 2. The van der Waals surface area contributed by atoms with E-state index in [-0.39, 0.29) is 10.5 Å². The summed E-state index contributed by atoms with van der Waals surface area (Å²) in [6.45, 7) is 2.08. The highest BCUT2D eigenvalue weighted by Gasteiger charge is 2.21. The van der Waals surface area contributed by atoms with Crippen molar-refractivity contribution in [1.82, 2.24) is 4.72 Å². The minimum atomic E-state index is -3.71. The molecule has 0 amide bonds. The van der Waals surface area contributed by atoms with Crippen molar-refractivity contribution in [3.63, 3.8) is 0 Å². The highest BCUT2D eigenvalue weighted by molar-refractivity contribution is 7.89. The van der Waals surface area contributed by atoms with Gasteiger partial charge in [-0.25, -0.2) is 17.9 Å². The summed E-state index contributed by atoms with van der Waals surface area (Å²) in [5.74, 6) is -1.01. The zero-order chi connectivity index (χ0) is 19.2. The Morgan fingerprint density at radius 1 is 1.08 bits per heavy atom. The van der Waals surface area contributed by atoms with Crippen LogP contribution in [-0.2, 0) is 10.0 Å². The number of benzene rings is 2. The third-order valence-electron chi connectivity index (χ3n) is 4.08. The molecular weight excluding hydrogens is 374 g/mol. The quantitative estimate of drug-likeness (QED) is 0.606. The number of carboxylic acids is 1. The second-order valence-corrected chi connectivity index (χ2v) is 8.20. The van der Waals surface area contributed by atoms with Gasteiger partial charge in [0, 0.05) is 11.1 Å². The smallest absolute Gasteiger partial charge is 0.335 e. The molecule has 0 aromatic heterocycles. The SMILES string of the molecule is CCCCCC(NS(=O)(=O)c1ccc(Cl)cc1)c1ccc(C(=O)O)cc1. The molecule has 1 unspecified atom stereocenters. The summed E-state index contributed by atoms with van der Waals surface area (Å²) in [6, 6.07) is 11.8. The van der Waals surface area contributed by atoms with E-state index < -0.39 is 22.0 Å². The van der Waals surface area contributed by atoms with Gasteiger partial charge in [-0.1, -0.05) is 49.9 Å². The highest BCUT2D eigenvalue weighted by Crippen LogP contribution is 2.24. The van der Waals surface area contributed by atoms with Gasteiger partial charge in [-0.2, -0.15) is 0 Å². The molecule has 0 fully saturated rings. The number of rotatable bonds is 9. The number of carbonyl (C=O) groups is 1. The fourth-order valence-corrected chi connectivity index (χ4v) is 4.00. The first-order valence-electron chi connectivity index (χ1n) is 8.44. The fraction of sp³-hybridized carbons (Fsp3) is 0.316. The van der Waals surface area contributed by atoms with Crippen molar-refractivity contribution in [2.24, 2.45) is 0 Å². The standard InChI is InChI=1S/C19H22ClNO4S/c1-2-3-4-5-18(14-6-8-15(9-7-14)19(22)23)21-26(24,25)17-12-10-16(20)11-13-17/h6-13,18,21H,2-5H2,1H3,(H,22,23). The molecule has 7 heteroatoms. The Bertz CT molecular complexity index is 833. The maximum Gasteiger partial charge on any atom is 0.335 e. The van der Waals surface area contributed by atoms with Crippen LogP contribution in [0.25, 0.3) is 0 Å². The lowest BCUT2D eigenvalue weighted by Crippen LogP contribution is -2.28. The molecule has 0 saturated heterocycles. The number of sulfonamides is 1. The van der Waals surface area contributed by atoms with Crippen LogP contribution in [0.3, 0.4) is 0 Å². The molecule has 2 N–H and O–H groups in total. The molecule has 0 aliphatic carbocycles. The largest absolute Gasteiger partial charge is 0.478 e. The maximum absolute atomic E-state index is 12.7. The van der Waals surface area contributed by atoms with E-state index in [1.54, 1.807) is 12.1 Å². The molecule has 0 aliphatic rings. The van der Waals surface area contributed by atoms with Crippen molar-refractivity contribution < 1.29 is 18.3 Å². The van der Waals surface area contributed by atoms with Crippen LogP contribution >= 0.6 is 11.6 Å². The molecule has 0 radical (unpaired) electrons. The van der Waals surface area contributed by atoms with E-state index in [1.165, 1.54) is 36.4 Å². The normalized spacial score (nSPS) is 12.7. The lowest BCUT2D eigenvalue weighted by molar-refractivity contribution is 0.0697. The second kappa shape index (κ2) is 9.16. The van der Waals surface area contributed by atoms with E-state index in [0.717, 1.165) is 24.8 Å². The van der Waals surface area contributed by atoms with Crippen molar-refractivity contribution >= 4 is 27.6 Å². The van der Waals surface area contributed by atoms with Crippen LogP contribution in [0, 0.1) is 0 Å². The lowest BCUT2D eigenvalue weighted by atomic mass is 10.0. The van der Waals surface area contributed by atoms with Gasteiger partial charge in [0.25, 0.3) is 0 Å². The van der Waals surface area contributed by atoms with Gasteiger partial charge >= 0.3 is 5.97 Å². The Morgan fingerprint density at radius 3 is 2.23 bits per heavy atom. The Hall–Kier alpha value is -1.89. The number of carboxylic acid groups (broad SMARTS) is 1. The average Bonchev–Trinajstić information content (AvgIpc) is 2.61. The Balaban J connectivity index is 2.25. The predicted molar refractivity (Wildman–Crippen MR) is 102 cm³/mol. The van der Waals surface area contributed by atoms with Gasteiger partial charge in [-0.3, -0.25) is 0 Å². The van der Waals surface area contributed by atoms with Gasteiger partial charge in [0.1, 0.15) is 0 Å². The topological polar surface area (TPSA) is 83.5 Å². The zero-order valence-corrected chi connectivity index (χ0v) is 16.1. The molecule has 2 rings (SSSR count).